The van der Waals surface area contributed by atoms with Crippen LogP contribution in [0.15, 0.2) is 18.2 Å². The summed E-state index contributed by atoms with van der Waals surface area (Å²) in [4.78, 5) is 2.23. The molecule has 1 aromatic rings. The van der Waals surface area contributed by atoms with Crippen LogP contribution in [0.5, 0.6) is 5.75 Å². The molecule has 118 valence electrons. The first kappa shape index (κ1) is 16.8. The molecule has 0 aliphatic carbocycles. The number of morpholine rings is 1. The van der Waals surface area contributed by atoms with Gasteiger partial charge in [0.25, 0.3) is 0 Å². The molecule has 1 saturated heterocycles. The first-order valence-electron chi connectivity index (χ1n) is 7.07. The summed E-state index contributed by atoms with van der Waals surface area (Å²) in [6, 6.07) is 5.74. The average molecular weight is 334 g/mol. The van der Waals surface area contributed by atoms with Crippen molar-refractivity contribution in [1.29, 1.82) is 0 Å². The summed E-state index contributed by atoms with van der Waals surface area (Å²) in [5, 5.41) is 11.1. The highest BCUT2D eigenvalue weighted by Crippen LogP contribution is 2.32. The molecule has 4 nitrogen and oxygen atoms in total. The number of hydrogen-bond acceptors (Lipinski definition) is 4. The predicted molar refractivity (Wildman–Crippen MR) is 84.4 cm³/mol. The number of aliphatic hydroxyl groups excluding tert-OH is 1. The highest BCUT2D eigenvalue weighted by atomic mass is 35.5. The molecule has 1 aromatic carbocycles. The monoisotopic (exact) mass is 333 g/mol. The SMILES string of the molecule is CC1COCC(C)N1CC(O)COc1c(Cl)cccc1Cl. The van der Waals surface area contributed by atoms with Crippen LogP contribution in [0.2, 0.25) is 10.0 Å². The van der Waals surface area contributed by atoms with Gasteiger partial charge in [-0.3, -0.25) is 4.90 Å². The van der Waals surface area contributed by atoms with Crippen LogP contribution >= 0.6 is 23.2 Å². The minimum absolute atomic E-state index is 0.153. The number of aliphatic hydroxyl groups is 1. The number of ether oxygens (including phenoxy) is 2. The number of hydrogen-bond donors (Lipinski definition) is 1. The van der Waals surface area contributed by atoms with Gasteiger partial charge in [-0.1, -0.05) is 29.3 Å². The molecule has 21 heavy (non-hydrogen) atoms. The van der Waals surface area contributed by atoms with Crippen LogP contribution in [0.1, 0.15) is 13.8 Å². The lowest BCUT2D eigenvalue weighted by atomic mass is 10.1. The highest BCUT2D eigenvalue weighted by Gasteiger charge is 2.27. The number of β-amino-alcohol motifs (C(OH)–C–C–N with tert-alkyl or cyclic N) is 1. The van der Waals surface area contributed by atoms with Crippen molar-refractivity contribution >= 4 is 23.2 Å². The number of rotatable bonds is 5. The van der Waals surface area contributed by atoms with Crippen LogP contribution in [0.3, 0.4) is 0 Å². The van der Waals surface area contributed by atoms with Gasteiger partial charge in [0.1, 0.15) is 12.7 Å². The molecule has 0 amide bonds. The summed E-state index contributed by atoms with van der Waals surface area (Å²) in [6.45, 7) is 6.25. The zero-order valence-electron chi connectivity index (χ0n) is 12.3. The molecule has 6 heteroatoms. The topological polar surface area (TPSA) is 41.9 Å². The van der Waals surface area contributed by atoms with Gasteiger partial charge < -0.3 is 14.6 Å². The third-order valence-electron chi connectivity index (χ3n) is 3.61. The summed E-state index contributed by atoms with van der Waals surface area (Å²) in [6.07, 6.45) is -0.611. The van der Waals surface area contributed by atoms with E-state index in [4.69, 9.17) is 32.7 Å². The van der Waals surface area contributed by atoms with Crippen LogP contribution in [0, 0.1) is 0 Å². The maximum Gasteiger partial charge on any atom is 0.156 e. The van der Waals surface area contributed by atoms with Crippen LogP contribution in [0.4, 0.5) is 0 Å². The molecule has 0 saturated carbocycles. The summed E-state index contributed by atoms with van der Waals surface area (Å²) >= 11 is 12.1. The van der Waals surface area contributed by atoms with E-state index in [9.17, 15) is 5.11 Å². The summed E-state index contributed by atoms with van der Waals surface area (Å²) in [7, 11) is 0. The van der Waals surface area contributed by atoms with Gasteiger partial charge in [0.05, 0.1) is 23.3 Å². The van der Waals surface area contributed by atoms with Crippen molar-refractivity contribution in [2.45, 2.75) is 32.0 Å². The largest absolute Gasteiger partial charge is 0.488 e. The van der Waals surface area contributed by atoms with Crippen LogP contribution in [-0.2, 0) is 4.74 Å². The van der Waals surface area contributed by atoms with Gasteiger partial charge in [0.15, 0.2) is 5.75 Å². The van der Waals surface area contributed by atoms with Gasteiger partial charge in [-0.25, -0.2) is 0 Å². The quantitative estimate of drug-likeness (QED) is 0.899. The van der Waals surface area contributed by atoms with E-state index in [0.29, 0.717) is 35.6 Å². The molecule has 1 N–H and O–H groups in total. The molecular weight excluding hydrogens is 313 g/mol. The zero-order chi connectivity index (χ0) is 15.4. The van der Waals surface area contributed by atoms with E-state index in [1.54, 1.807) is 18.2 Å². The molecule has 1 aliphatic heterocycles. The maximum absolute atomic E-state index is 10.2. The van der Waals surface area contributed by atoms with E-state index >= 15 is 0 Å². The lowest BCUT2D eigenvalue weighted by Gasteiger charge is -2.39. The maximum atomic E-state index is 10.2. The molecule has 3 unspecified atom stereocenters. The number of halogens is 2. The summed E-state index contributed by atoms with van der Waals surface area (Å²) < 4.78 is 11.0. The molecule has 2 rings (SSSR count). The minimum Gasteiger partial charge on any atom is -0.488 e. The van der Waals surface area contributed by atoms with Gasteiger partial charge >= 0.3 is 0 Å². The van der Waals surface area contributed by atoms with Gasteiger partial charge in [-0.2, -0.15) is 0 Å². The molecule has 0 radical (unpaired) electrons. The van der Waals surface area contributed by atoms with Crippen molar-refractivity contribution in [2.75, 3.05) is 26.4 Å². The van der Waals surface area contributed by atoms with Crippen LogP contribution in [-0.4, -0.2) is 54.6 Å². The number of para-hydroxylation sites is 1. The van der Waals surface area contributed by atoms with Crippen molar-refractivity contribution in [3.63, 3.8) is 0 Å². The Labute approximate surface area is 135 Å². The van der Waals surface area contributed by atoms with Gasteiger partial charge in [0, 0.05) is 18.6 Å². The summed E-state index contributed by atoms with van der Waals surface area (Å²) in [5.41, 5.74) is 0. The van der Waals surface area contributed by atoms with Crippen molar-refractivity contribution in [1.82, 2.24) is 4.90 Å². The Kier molecular flexibility index (Phi) is 6.14. The van der Waals surface area contributed by atoms with Gasteiger partial charge in [-0.15, -0.1) is 0 Å². The first-order valence-corrected chi connectivity index (χ1v) is 7.83. The van der Waals surface area contributed by atoms with E-state index in [-0.39, 0.29) is 18.7 Å². The standard InChI is InChI=1S/C15H21Cl2NO3/c1-10-7-20-8-11(2)18(10)6-12(19)9-21-15-13(16)4-3-5-14(15)17/h3-5,10-12,19H,6-9H2,1-2H3. The van der Waals surface area contributed by atoms with Gasteiger partial charge in [-0.05, 0) is 26.0 Å². The van der Waals surface area contributed by atoms with Crippen LogP contribution < -0.4 is 4.74 Å². The second kappa shape index (κ2) is 7.65. The Balaban J connectivity index is 1.88. The van der Waals surface area contributed by atoms with E-state index in [1.807, 2.05) is 0 Å². The lowest BCUT2D eigenvalue weighted by molar-refractivity contribution is -0.0579. The Bertz CT molecular complexity index is 442. The van der Waals surface area contributed by atoms with E-state index in [2.05, 4.69) is 18.7 Å². The Morgan fingerprint density at radius 1 is 1.29 bits per heavy atom. The van der Waals surface area contributed by atoms with E-state index in [1.165, 1.54) is 0 Å². The molecule has 0 aromatic heterocycles. The van der Waals surface area contributed by atoms with E-state index < -0.39 is 6.10 Å². The number of benzene rings is 1. The molecule has 0 bridgehead atoms. The molecule has 1 heterocycles. The van der Waals surface area contributed by atoms with Crippen molar-refractivity contribution in [3.8, 4) is 5.75 Å². The van der Waals surface area contributed by atoms with Crippen molar-refractivity contribution in [2.24, 2.45) is 0 Å². The van der Waals surface area contributed by atoms with Crippen molar-refractivity contribution < 1.29 is 14.6 Å². The third-order valence-corrected chi connectivity index (χ3v) is 4.21. The average Bonchev–Trinajstić information content (AvgIpc) is 2.42. The van der Waals surface area contributed by atoms with E-state index in [0.717, 1.165) is 0 Å². The Hall–Kier alpha value is -0.520. The molecule has 1 aliphatic rings. The fourth-order valence-electron chi connectivity index (χ4n) is 2.49. The highest BCUT2D eigenvalue weighted by molar-refractivity contribution is 6.37. The number of nitrogens with zero attached hydrogens (tertiary/aromatic N) is 1. The normalized spacial score (nSPS) is 24.8. The molecule has 1 fully saturated rings. The fraction of sp³-hybridized carbons (Fsp3) is 0.600. The van der Waals surface area contributed by atoms with Crippen LogP contribution in [0.25, 0.3) is 0 Å². The predicted octanol–water partition coefficient (Wildman–Crippen LogP) is 2.84. The molecule has 0 spiro atoms. The second-order valence-corrected chi connectivity index (χ2v) is 6.26. The Morgan fingerprint density at radius 2 is 1.86 bits per heavy atom. The van der Waals surface area contributed by atoms with Crippen molar-refractivity contribution in [3.05, 3.63) is 28.2 Å². The third kappa shape index (κ3) is 4.47. The molecular formula is C15H21Cl2NO3. The van der Waals surface area contributed by atoms with Gasteiger partial charge in [0.2, 0.25) is 0 Å². The lowest BCUT2D eigenvalue weighted by Crippen LogP contribution is -2.52. The summed E-state index contributed by atoms with van der Waals surface area (Å²) in [5.74, 6) is 0.419. The fourth-order valence-corrected chi connectivity index (χ4v) is 3.00. The molecule has 3 atom stereocenters. The second-order valence-electron chi connectivity index (χ2n) is 5.45. The minimum atomic E-state index is -0.611. The smallest absolute Gasteiger partial charge is 0.156 e. The first-order chi connectivity index (χ1) is 9.99. The Morgan fingerprint density at radius 3 is 2.43 bits per heavy atom. The zero-order valence-corrected chi connectivity index (χ0v) is 13.8.